The van der Waals surface area contributed by atoms with E-state index in [9.17, 15) is 9.18 Å². The van der Waals surface area contributed by atoms with Crippen LogP contribution in [0, 0.1) is 11.7 Å². The van der Waals surface area contributed by atoms with Gasteiger partial charge in [0, 0.05) is 16.6 Å². The lowest BCUT2D eigenvalue weighted by atomic mass is 10.2. The summed E-state index contributed by atoms with van der Waals surface area (Å²) in [7, 11) is -4.67. The van der Waals surface area contributed by atoms with Crippen LogP contribution in [-0.4, -0.2) is 32.5 Å². The fourth-order valence-corrected chi connectivity index (χ4v) is 3.52. The maximum absolute atomic E-state index is 13.8. The average molecular weight is 414 g/mol. The monoisotopic (exact) mass is 414 g/mol. The molecule has 3 aromatic rings. The third-order valence-electron chi connectivity index (χ3n) is 3.88. The summed E-state index contributed by atoms with van der Waals surface area (Å²) in [6, 6.07) is 3.08. The zero-order valence-corrected chi connectivity index (χ0v) is 15.3. The van der Waals surface area contributed by atoms with E-state index in [-0.39, 0.29) is 11.6 Å². The van der Waals surface area contributed by atoms with Gasteiger partial charge in [-0.25, -0.2) is 9.37 Å². The van der Waals surface area contributed by atoms with Gasteiger partial charge in [-0.3, -0.25) is 18.9 Å². The summed E-state index contributed by atoms with van der Waals surface area (Å²) < 4.78 is 45.9. The van der Waals surface area contributed by atoms with Crippen LogP contribution in [0.2, 0.25) is 0 Å². The molecule has 0 radical (unpaired) electrons. The molecule has 5 N–H and O–H groups in total. The Hall–Kier alpha value is -2.25. The number of nitrogens with zero attached hydrogens (tertiary/aromatic N) is 2. The van der Waals surface area contributed by atoms with Crippen LogP contribution in [0.3, 0.4) is 0 Å². The Bertz CT molecular complexity index is 1130. The Balaban J connectivity index is 0.000000376. The van der Waals surface area contributed by atoms with Gasteiger partial charge in [-0.05, 0) is 30.9 Å². The van der Waals surface area contributed by atoms with Gasteiger partial charge in [-0.15, -0.1) is 11.3 Å². The molecule has 0 aliphatic heterocycles. The van der Waals surface area contributed by atoms with Crippen molar-refractivity contribution in [3.8, 4) is 10.4 Å². The first kappa shape index (κ1) is 19.5. The Kier molecular flexibility index (Phi) is 5.35. The maximum atomic E-state index is 13.8. The van der Waals surface area contributed by atoms with Gasteiger partial charge in [0.15, 0.2) is 0 Å². The van der Waals surface area contributed by atoms with E-state index in [1.54, 1.807) is 12.1 Å². The van der Waals surface area contributed by atoms with Crippen LogP contribution in [0.25, 0.3) is 20.7 Å². The van der Waals surface area contributed by atoms with Gasteiger partial charge in [0.2, 0.25) is 0 Å². The maximum Gasteiger partial charge on any atom is 0.394 e. The van der Waals surface area contributed by atoms with Crippen molar-refractivity contribution in [2.24, 2.45) is 11.7 Å². The van der Waals surface area contributed by atoms with Crippen molar-refractivity contribution in [3.63, 3.8) is 0 Å². The van der Waals surface area contributed by atoms with Gasteiger partial charge in [-0.2, -0.15) is 8.42 Å². The number of fused-ring (bicyclic) bond motifs is 1. The van der Waals surface area contributed by atoms with E-state index in [2.05, 4.69) is 15.0 Å². The highest BCUT2D eigenvalue weighted by Crippen LogP contribution is 2.39. The Labute approximate surface area is 156 Å². The summed E-state index contributed by atoms with van der Waals surface area (Å²) in [5.74, 6) is 0.497. The molecule has 1 aliphatic carbocycles. The second-order valence-electron chi connectivity index (χ2n) is 5.94. The summed E-state index contributed by atoms with van der Waals surface area (Å²) in [5, 5.41) is 0. The van der Waals surface area contributed by atoms with Gasteiger partial charge >= 0.3 is 10.4 Å². The molecule has 0 saturated heterocycles. The summed E-state index contributed by atoms with van der Waals surface area (Å²) in [4.78, 5) is 23.9. The van der Waals surface area contributed by atoms with Crippen LogP contribution in [0.5, 0.6) is 0 Å². The summed E-state index contributed by atoms with van der Waals surface area (Å²) >= 11 is 1.22. The molecular weight excluding hydrogens is 399 g/mol. The number of pyridine rings is 1. The number of H-pyrrole nitrogens is 1. The Morgan fingerprint density at radius 1 is 1.37 bits per heavy atom. The highest BCUT2D eigenvalue weighted by molar-refractivity contribution is 7.79. The third kappa shape index (κ3) is 4.93. The fraction of sp³-hybridized carbons (Fsp3) is 0.267. The number of hydrogen-bond donors (Lipinski definition) is 4. The predicted octanol–water partition coefficient (Wildman–Crippen LogP) is 1.94. The van der Waals surface area contributed by atoms with Crippen LogP contribution in [-0.2, 0) is 10.4 Å². The van der Waals surface area contributed by atoms with Crippen molar-refractivity contribution in [2.45, 2.75) is 18.9 Å². The van der Waals surface area contributed by atoms with Crippen LogP contribution < -0.4 is 11.3 Å². The highest BCUT2D eigenvalue weighted by atomic mass is 32.3. The molecule has 1 atom stereocenters. The molecule has 12 heteroatoms. The number of halogens is 1. The Morgan fingerprint density at radius 2 is 2.04 bits per heavy atom. The number of nitrogens with one attached hydrogen (secondary N) is 1. The lowest BCUT2D eigenvalue weighted by Crippen LogP contribution is -2.20. The smallest absolute Gasteiger partial charge is 0.321 e. The minimum atomic E-state index is -4.67. The zero-order valence-electron chi connectivity index (χ0n) is 13.7. The van der Waals surface area contributed by atoms with Gasteiger partial charge in [0.25, 0.3) is 5.56 Å². The number of thiophene rings is 1. The molecule has 9 nitrogen and oxygen atoms in total. The Morgan fingerprint density at radius 3 is 2.63 bits per heavy atom. The van der Waals surface area contributed by atoms with E-state index in [0.717, 1.165) is 19.0 Å². The molecule has 3 aromatic heterocycles. The van der Waals surface area contributed by atoms with Crippen molar-refractivity contribution in [2.75, 3.05) is 0 Å². The molecule has 0 unspecified atom stereocenters. The summed E-state index contributed by atoms with van der Waals surface area (Å²) in [5.41, 5.74) is 6.87. The van der Waals surface area contributed by atoms with E-state index >= 15 is 0 Å². The molecule has 4 rings (SSSR count). The zero-order chi connectivity index (χ0) is 19.8. The molecule has 0 spiro atoms. The van der Waals surface area contributed by atoms with Crippen molar-refractivity contribution < 1.29 is 21.9 Å². The van der Waals surface area contributed by atoms with Gasteiger partial charge in [0.1, 0.15) is 16.3 Å². The van der Waals surface area contributed by atoms with Crippen molar-refractivity contribution in [3.05, 3.63) is 46.5 Å². The number of rotatable bonds is 3. The second kappa shape index (κ2) is 7.40. The van der Waals surface area contributed by atoms with Gasteiger partial charge < -0.3 is 10.7 Å². The largest absolute Gasteiger partial charge is 0.394 e. The van der Waals surface area contributed by atoms with Crippen LogP contribution in [0.4, 0.5) is 4.39 Å². The van der Waals surface area contributed by atoms with Crippen LogP contribution >= 0.6 is 11.3 Å². The fourth-order valence-electron chi connectivity index (χ4n) is 2.50. The minimum Gasteiger partial charge on any atom is -0.321 e. The number of nitrogens with two attached hydrogens (primary N) is 1. The van der Waals surface area contributed by atoms with E-state index in [1.807, 2.05) is 0 Å². The highest BCUT2D eigenvalue weighted by Gasteiger charge is 2.31. The first-order valence-electron chi connectivity index (χ1n) is 7.72. The third-order valence-corrected chi connectivity index (χ3v) is 5.04. The van der Waals surface area contributed by atoms with Crippen LogP contribution in [0.15, 0.2) is 29.3 Å². The molecule has 3 heterocycles. The van der Waals surface area contributed by atoms with E-state index in [4.69, 9.17) is 23.3 Å². The van der Waals surface area contributed by atoms with Crippen molar-refractivity contribution >= 4 is 32.0 Å². The molecule has 1 saturated carbocycles. The van der Waals surface area contributed by atoms with E-state index in [0.29, 0.717) is 32.4 Å². The first-order valence-corrected chi connectivity index (χ1v) is 9.94. The average Bonchev–Trinajstić information content (AvgIpc) is 3.32. The van der Waals surface area contributed by atoms with E-state index in [1.165, 1.54) is 17.5 Å². The normalized spacial score (nSPS) is 15.3. The van der Waals surface area contributed by atoms with Crippen molar-refractivity contribution in [1.82, 2.24) is 15.0 Å². The molecule has 1 aliphatic rings. The van der Waals surface area contributed by atoms with Crippen molar-refractivity contribution in [1.29, 1.82) is 0 Å². The molecule has 144 valence electrons. The topological polar surface area (TPSA) is 159 Å². The number of aromatic nitrogens is 3. The second-order valence-corrected chi connectivity index (χ2v) is 7.89. The first-order chi connectivity index (χ1) is 12.6. The predicted molar refractivity (Wildman–Crippen MR) is 97.3 cm³/mol. The molecule has 0 aromatic carbocycles. The molecule has 1 fully saturated rings. The van der Waals surface area contributed by atoms with Gasteiger partial charge in [0.05, 0.1) is 17.8 Å². The van der Waals surface area contributed by atoms with E-state index < -0.39 is 16.2 Å². The number of aromatic amines is 1. The SMILES string of the molecule is N[C@H](c1nc2cc(-c3ccncc3F)sc2c(=O)[nH]1)C1CC1.O=S(=O)(O)O. The lowest BCUT2D eigenvalue weighted by Gasteiger charge is -2.08. The summed E-state index contributed by atoms with van der Waals surface area (Å²) in [6.45, 7) is 0. The van der Waals surface area contributed by atoms with Crippen LogP contribution in [0.1, 0.15) is 24.7 Å². The molecular formula is C15H15FN4O5S2. The quantitative estimate of drug-likeness (QED) is 0.473. The van der Waals surface area contributed by atoms with Gasteiger partial charge in [-0.1, -0.05) is 0 Å². The standard InChI is InChI=1S/C15H13FN4OS.H2O4S/c16-9-6-18-4-3-8(9)11-5-10-13(22-11)15(21)20-14(19-10)12(17)7-1-2-7;1-5(2,3)4/h3-7,12H,1-2,17H2,(H,19,20,21);(H2,1,2,3,4)/t12-;/m0./s1. The lowest BCUT2D eigenvalue weighted by molar-refractivity contribution is 0.381. The number of hydrogen-bond acceptors (Lipinski definition) is 7. The summed E-state index contributed by atoms with van der Waals surface area (Å²) in [6.07, 6.45) is 4.82. The molecule has 0 bridgehead atoms. The molecule has 0 amide bonds. The molecule has 27 heavy (non-hydrogen) atoms. The minimum absolute atomic E-state index is 0.221.